The third-order valence-corrected chi connectivity index (χ3v) is 9.73. The maximum atomic E-state index is 5.25. The van der Waals surface area contributed by atoms with Gasteiger partial charge in [0.25, 0.3) is 0 Å². The fourth-order valence-corrected chi connectivity index (χ4v) is 7.43. The Balaban J connectivity index is 1.23. The Bertz CT molecular complexity index is 2540. The van der Waals surface area contributed by atoms with Crippen LogP contribution in [0.1, 0.15) is 0 Å². The molecule has 9 rings (SSSR count). The molecule has 0 aliphatic rings. The number of hydrogen-bond donors (Lipinski definition) is 0. The van der Waals surface area contributed by atoms with Crippen molar-refractivity contribution in [1.29, 1.82) is 0 Å². The topological polar surface area (TPSA) is 51.6 Å². The summed E-state index contributed by atoms with van der Waals surface area (Å²) < 4.78 is 2.46. The van der Waals surface area contributed by atoms with Gasteiger partial charge in [-0.3, -0.25) is 0 Å². The van der Waals surface area contributed by atoms with Gasteiger partial charge in [-0.2, -0.15) is 0 Å². The van der Waals surface area contributed by atoms with Crippen molar-refractivity contribution in [3.05, 3.63) is 158 Å². The minimum Gasteiger partial charge on any atom is -0.247 e. The average molecular weight is 619 g/mol. The average Bonchev–Trinajstić information content (AvgIpc) is 3.55. The van der Waals surface area contributed by atoms with E-state index >= 15 is 0 Å². The zero-order valence-corrected chi connectivity index (χ0v) is 26.0. The Morgan fingerprint density at radius 2 is 0.851 bits per heavy atom. The fraction of sp³-hybridized carbons (Fsp3) is 0. The number of nitrogens with zero attached hydrogens (tertiary/aromatic N) is 4. The summed E-state index contributed by atoms with van der Waals surface area (Å²) in [6.07, 6.45) is 0. The molecule has 3 heterocycles. The van der Waals surface area contributed by atoms with Gasteiger partial charge < -0.3 is 0 Å². The minimum atomic E-state index is 0.629. The standard InChI is InChI=1S/C42H26N4S/c1-4-12-27(13-5-1)28-20-22-31(23-21-28)41-44-40(30-16-8-3-9-17-30)45-42(46-41)32-24-25-35-34(26-32)39-37(33-18-10-11-19-36(33)47-39)38(43-35)29-14-6-2-7-15-29/h1-26H. The third-order valence-electron chi connectivity index (χ3n) is 8.53. The molecule has 220 valence electrons. The zero-order valence-electron chi connectivity index (χ0n) is 25.2. The molecule has 0 N–H and O–H groups in total. The van der Waals surface area contributed by atoms with E-state index in [-0.39, 0.29) is 0 Å². The monoisotopic (exact) mass is 618 g/mol. The highest BCUT2D eigenvalue weighted by Crippen LogP contribution is 2.43. The molecule has 6 aromatic carbocycles. The fourth-order valence-electron chi connectivity index (χ4n) is 6.20. The summed E-state index contributed by atoms with van der Waals surface area (Å²) in [6, 6.07) is 54.4. The highest BCUT2D eigenvalue weighted by molar-refractivity contribution is 7.26. The van der Waals surface area contributed by atoms with Crippen LogP contribution >= 0.6 is 11.3 Å². The zero-order chi connectivity index (χ0) is 31.2. The van der Waals surface area contributed by atoms with Crippen LogP contribution in [0, 0.1) is 0 Å². The van der Waals surface area contributed by atoms with Crippen LogP contribution in [0.5, 0.6) is 0 Å². The van der Waals surface area contributed by atoms with Crippen molar-refractivity contribution < 1.29 is 0 Å². The van der Waals surface area contributed by atoms with E-state index in [4.69, 9.17) is 19.9 Å². The van der Waals surface area contributed by atoms with Crippen molar-refractivity contribution in [3.63, 3.8) is 0 Å². The van der Waals surface area contributed by atoms with Gasteiger partial charge in [-0.15, -0.1) is 11.3 Å². The first-order valence-electron chi connectivity index (χ1n) is 15.6. The quantitative estimate of drug-likeness (QED) is 0.193. The first-order valence-corrected chi connectivity index (χ1v) is 16.4. The van der Waals surface area contributed by atoms with Gasteiger partial charge in [0, 0.05) is 47.8 Å². The van der Waals surface area contributed by atoms with Gasteiger partial charge in [0.05, 0.1) is 11.2 Å². The number of fused-ring (bicyclic) bond motifs is 5. The lowest BCUT2D eigenvalue weighted by molar-refractivity contribution is 1.07. The molecule has 0 unspecified atom stereocenters. The van der Waals surface area contributed by atoms with E-state index in [1.165, 1.54) is 25.7 Å². The molecular weight excluding hydrogens is 593 g/mol. The molecule has 0 saturated carbocycles. The summed E-state index contributed by atoms with van der Waals surface area (Å²) in [5.74, 6) is 1.91. The normalized spacial score (nSPS) is 11.4. The Kier molecular flexibility index (Phi) is 6.61. The maximum absolute atomic E-state index is 5.25. The summed E-state index contributed by atoms with van der Waals surface area (Å²) in [7, 11) is 0. The molecule has 3 aromatic heterocycles. The van der Waals surface area contributed by atoms with Crippen LogP contribution < -0.4 is 0 Å². The molecule has 0 bridgehead atoms. The van der Waals surface area contributed by atoms with E-state index in [9.17, 15) is 0 Å². The van der Waals surface area contributed by atoms with Crippen molar-refractivity contribution in [3.8, 4) is 56.5 Å². The Hall–Kier alpha value is -6.04. The van der Waals surface area contributed by atoms with Crippen LogP contribution in [0.4, 0.5) is 0 Å². The van der Waals surface area contributed by atoms with Crippen LogP contribution in [0.3, 0.4) is 0 Å². The first kappa shape index (κ1) is 27.3. The molecule has 9 aromatic rings. The van der Waals surface area contributed by atoms with E-state index < -0.39 is 0 Å². The number of rotatable bonds is 5. The molecule has 0 saturated heterocycles. The number of hydrogen-bond acceptors (Lipinski definition) is 5. The highest BCUT2D eigenvalue weighted by atomic mass is 32.1. The molecule has 0 spiro atoms. The Morgan fingerprint density at radius 1 is 0.362 bits per heavy atom. The highest BCUT2D eigenvalue weighted by Gasteiger charge is 2.18. The summed E-state index contributed by atoms with van der Waals surface area (Å²) in [6.45, 7) is 0. The lowest BCUT2D eigenvalue weighted by Crippen LogP contribution is -2.00. The number of pyridine rings is 1. The lowest BCUT2D eigenvalue weighted by atomic mass is 10.0. The van der Waals surface area contributed by atoms with E-state index in [0.29, 0.717) is 17.5 Å². The van der Waals surface area contributed by atoms with E-state index in [0.717, 1.165) is 44.4 Å². The first-order chi connectivity index (χ1) is 23.3. The molecule has 0 aliphatic heterocycles. The second-order valence-corrected chi connectivity index (χ2v) is 12.5. The summed E-state index contributed by atoms with van der Waals surface area (Å²) in [5.41, 5.74) is 8.19. The van der Waals surface area contributed by atoms with Crippen molar-refractivity contribution in [2.24, 2.45) is 0 Å². The Morgan fingerprint density at radius 3 is 1.53 bits per heavy atom. The van der Waals surface area contributed by atoms with Crippen LogP contribution in [-0.4, -0.2) is 19.9 Å². The van der Waals surface area contributed by atoms with Crippen LogP contribution in [0.2, 0.25) is 0 Å². The number of benzene rings is 6. The van der Waals surface area contributed by atoms with E-state index in [1.54, 1.807) is 0 Å². The molecule has 0 aliphatic carbocycles. The molecule has 0 radical (unpaired) electrons. The van der Waals surface area contributed by atoms with Crippen molar-refractivity contribution in [2.45, 2.75) is 0 Å². The second kappa shape index (κ2) is 11.4. The third kappa shape index (κ3) is 4.94. The molecule has 0 atom stereocenters. The Labute approximate surface area is 275 Å². The number of aromatic nitrogens is 4. The van der Waals surface area contributed by atoms with Gasteiger partial charge in [-0.05, 0) is 35.4 Å². The SMILES string of the molecule is c1ccc(-c2ccc(-c3nc(-c4ccccc4)nc(-c4ccc5nc(-c6ccccc6)c6c7ccccc7sc6c5c4)n3)cc2)cc1. The van der Waals surface area contributed by atoms with E-state index in [1.807, 2.05) is 53.8 Å². The predicted molar refractivity (Wildman–Crippen MR) is 195 cm³/mol. The van der Waals surface area contributed by atoms with Gasteiger partial charge in [0.2, 0.25) is 0 Å². The smallest absolute Gasteiger partial charge is 0.164 e. The molecule has 0 amide bonds. The predicted octanol–water partition coefficient (Wildman–Crippen LogP) is 11.1. The van der Waals surface area contributed by atoms with Crippen molar-refractivity contribution in [1.82, 2.24) is 19.9 Å². The van der Waals surface area contributed by atoms with Gasteiger partial charge >= 0.3 is 0 Å². The summed E-state index contributed by atoms with van der Waals surface area (Å²) in [5, 5.41) is 3.49. The van der Waals surface area contributed by atoms with Gasteiger partial charge in [0.15, 0.2) is 17.5 Å². The molecule has 4 nitrogen and oxygen atoms in total. The second-order valence-electron chi connectivity index (χ2n) is 11.5. The molecule has 0 fully saturated rings. The van der Waals surface area contributed by atoms with Crippen LogP contribution in [0.25, 0.3) is 87.6 Å². The van der Waals surface area contributed by atoms with Gasteiger partial charge in [0.1, 0.15) is 0 Å². The number of thiophene rings is 1. The molecular formula is C42H26N4S. The molecule has 5 heteroatoms. The largest absolute Gasteiger partial charge is 0.247 e. The van der Waals surface area contributed by atoms with Crippen LogP contribution in [-0.2, 0) is 0 Å². The van der Waals surface area contributed by atoms with Crippen molar-refractivity contribution in [2.75, 3.05) is 0 Å². The minimum absolute atomic E-state index is 0.629. The van der Waals surface area contributed by atoms with Crippen molar-refractivity contribution >= 4 is 42.4 Å². The van der Waals surface area contributed by atoms with Gasteiger partial charge in [-0.25, -0.2) is 19.9 Å². The maximum Gasteiger partial charge on any atom is 0.164 e. The molecule has 47 heavy (non-hydrogen) atoms. The van der Waals surface area contributed by atoms with Crippen LogP contribution in [0.15, 0.2) is 158 Å². The van der Waals surface area contributed by atoms with Gasteiger partial charge in [-0.1, -0.05) is 133 Å². The summed E-state index contributed by atoms with van der Waals surface area (Å²) >= 11 is 1.81. The lowest BCUT2D eigenvalue weighted by Gasteiger charge is -2.11. The van der Waals surface area contributed by atoms with E-state index in [2.05, 4.69) is 115 Å². The summed E-state index contributed by atoms with van der Waals surface area (Å²) in [4.78, 5) is 20.3.